The Morgan fingerprint density at radius 3 is 2.55 bits per heavy atom. The smallest absolute Gasteiger partial charge is 0.407 e. The number of carbonyl (C=O) groups is 2. The summed E-state index contributed by atoms with van der Waals surface area (Å²) in [7, 11) is 1.68. The summed E-state index contributed by atoms with van der Waals surface area (Å²) in [6.07, 6.45) is 6.04. The van der Waals surface area contributed by atoms with Crippen LogP contribution in [0.2, 0.25) is 0 Å². The summed E-state index contributed by atoms with van der Waals surface area (Å²) >= 11 is 0. The zero-order chi connectivity index (χ0) is 22.1. The average molecular weight is 416 g/mol. The van der Waals surface area contributed by atoms with Crippen LogP contribution in [0.4, 0.5) is 16.2 Å². The van der Waals surface area contributed by atoms with E-state index in [1.165, 1.54) is 11.0 Å². The van der Waals surface area contributed by atoms with Gasteiger partial charge in [0.1, 0.15) is 6.61 Å². The number of para-hydroxylation sites is 2. The van der Waals surface area contributed by atoms with Crippen LogP contribution in [0.25, 0.3) is 6.08 Å². The Bertz CT molecular complexity index is 1050. The van der Waals surface area contributed by atoms with Gasteiger partial charge >= 0.3 is 6.09 Å². The zero-order valence-corrected chi connectivity index (χ0v) is 17.2. The molecule has 0 unspecified atom stereocenters. The molecular weight excluding hydrogens is 392 g/mol. The van der Waals surface area contributed by atoms with E-state index in [0.29, 0.717) is 17.9 Å². The lowest BCUT2D eigenvalue weighted by atomic mass is 10.1. The highest BCUT2D eigenvalue weighted by atomic mass is 16.5. The van der Waals surface area contributed by atoms with Crippen molar-refractivity contribution in [2.45, 2.75) is 13.2 Å². The quantitative estimate of drug-likeness (QED) is 0.451. The van der Waals surface area contributed by atoms with Crippen molar-refractivity contribution in [2.75, 3.05) is 17.7 Å². The van der Waals surface area contributed by atoms with Gasteiger partial charge < -0.3 is 20.7 Å². The molecule has 0 saturated heterocycles. The van der Waals surface area contributed by atoms with Crippen molar-refractivity contribution in [2.24, 2.45) is 0 Å². The third kappa shape index (κ3) is 6.43. The number of aromatic nitrogens is 1. The van der Waals surface area contributed by atoms with Crippen LogP contribution < -0.4 is 16.0 Å². The Morgan fingerprint density at radius 1 is 1.06 bits per heavy atom. The third-order valence-corrected chi connectivity index (χ3v) is 4.56. The van der Waals surface area contributed by atoms with E-state index in [1.54, 1.807) is 43.7 Å². The fourth-order valence-corrected chi connectivity index (χ4v) is 2.80. The van der Waals surface area contributed by atoms with Crippen molar-refractivity contribution < 1.29 is 14.3 Å². The number of amides is 2. The number of nitrogens with one attached hydrogen (secondary N) is 1. The molecule has 2 amide bonds. The van der Waals surface area contributed by atoms with Crippen molar-refractivity contribution in [3.63, 3.8) is 0 Å². The van der Waals surface area contributed by atoms with E-state index < -0.39 is 6.09 Å². The number of anilines is 2. The maximum Gasteiger partial charge on any atom is 0.407 e. The summed E-state index contributed by atoms with van der Waals surface area (Å²) in [5.41, 5.74) is 9.73. The number of nitrogens with two attached hydrogens (primary N) is 1. The van der Waals surface area contributed by atoms with Crippen LogP contribution >= 0.6 is 0 Å². The Labute approximate surface area is 181 Å². The fourth-order valence-electron chi connectivity index (χ4n) is 2.80. The molecule has 0 radical (unpaired) electrons. The average Bonchev–Trinajstić information content (AvgIpc) is 2.81. The number of pyridine rings is 1. The maximum absolute atomic E-state index is 12.4. The van der Waals surface area contributed by atoms with E-state index >= 15 is 0 Å². The molecule has 1 heterocycles. The molecule has 3 rings (SSSR count). The number of carbonyl (C=O) groups excluding carboxylic acids is 2. The predicted molar refractivity (Wildman–Crippen MR) is 121 cm³/mol. The number of benzene rings is 2. The van der Waals surface area contributed by atoms with Gasteiger partial charge in [-0.25, -0.2) is 4.79 Å². The lowest BCUT2D eigenvalue weighted by Crippen LogP contribution is -2.24. The normalized spacial score (nSPS) is 10.6. The highest BCUT2D eigenvalue weighted by Crippen LogP contribution is 2.21. The topological polar surface area (TPSA) is 97.5 Å². The van der Waals surface area contributed by atoms with Crippen LogP contribution in [-0.2, 0) is 22.7 Å². The van der Waals surface area contributed by atoms with Gasteiger partial charge in [0.2, 0.25) is 0 Å². The maximum atomic E-state index is 12.4. The van der Waals surface area contributed by atoms with Crippen LogP contribution in [0.1, 0.15) is 16.7 Å². The summed E-state index contributed by atoms with van der Waals surface area (Å²) in [5, 5.41) is 2.71. The number of hydrogen-bond acceptors (Lipinski definition) is 5. The number of ether oxygens (including phenoxy) is 1. The summed E-state index contributed by atoms with van der Waals surface area (Å²) in [6, 6.07) is 18.3. The summed E-state index contributed by atoms with van der Waals surface area (Å²) < 4.78 is 5.15. The van der Waals surface area contributed by atoms with Crippen LogP contribution in [0.3, 0.4) is 0 Å². The SMILES string of the molecule is CN(C(=O)/C=C/c1ccc(CNC(=O)OCc2cccnc2)cc1)c1ccccc1N. The van der Waals surface area contributed by atoms with Crippen molar-refractivity contribution in [3.8, 4) is 0 Å². The van der Waals surface area contributed by atoms with Crippen LogP contribution in [0.5, 0.6) is 0 Å². The van der Waals surface area contributed by atoms with Crippen molar-refractivity contribution in [1.82, 2.24) is 10.3 Å². The molecule has 0 aliphatic heterocycles. The van der Waals surface area contributed by atoms with Gasteiger partial charge in [0, 0.05) is 37.6 Å². The Morgan fingerprint density at radius 2 is 1.84 bits per heavy atom. The zero-order valence-electron chi connectivity index (χ0n) is 17.2. The van der Waals surface area contributed by atoms with Gasteiger partial charge in [0.05, 0.1) is 11.4 Å². The molecule has 0 atom stereocenters. The van der Waals surface area contributed by atoms with Gasteiger partial charge in [-0.15, -0.1) is 0 Å². The molecule has 2 aromatic carbocycles. The molecule has 0 spiro atoms. The molecule has 1 aromatic heterocycles. The van der Waals surface area contributed by atoms with Crippen LogP contribution in [-0.4, -0.2) is 24.0 Å². The van der Waals surface area contributed by atoms with Crippen LogP contribution in [0, 0.1) is 0 Å². The minimum absolute atomic E-state index is 0.167. The number of nitrogen functional groups attached to an aromatic ring is 1. The van der Waals surface area contributed by atoms with Gasteiger partial charge in [0.25, 0.3) is 5.91 Å². The molecule has 3 aromatic rings. The second-order valence-electron chi connectivity index (χ2n) is 6.82. The van der Waals surface area contributed by atoms with E-state index in [4.69, 9.17) is 10.5 Å². The standard InChI is InChI=1S/C24H24N4O3/c1-28(22-7-3-2-6-21(22)25)23(29)13-12-18-8-10-19(11-9-18)16-27-24(30)31-17-20-5-4-14-26-15-20/h2-15H,16-17,25H2,1H3,(H,27,30)/b13-12+. The molecule has 0 aliphatic rings. The first-order valence-electron chi connectivity index (χ1n) is 9.71. The van der Waals surface area contributed by atoms with Gasteiger partial charge in [-0.05, 0) is 35.4 Å². The molecule has 3 N–H and O–H groups in total. The number of likely N-dealkylation sites (N-methyl/N-ethyl adjacent to an activating group) is 1. The van der Waals surface area contributed by atoms with E-state index in [0.717, 1.165) is 16.7 Å². The predicted octanol–water partition coefficient (Wildman–Crippen LogP) is 3.77. The molecule has 0 fully saturated rings. The summed E-state index contributed by atoms with van der Waals surface area (Å²) in [4.78, 5) is 29.7. The molecule has 0 saturated carbocycles. The van der Waals surface area contributed by atoms with E-state index in [2.05, 4.69) is 10.3 Å². The summed E-state index contributed by atoms with van der Waals surface area (Å²) in [6.45, 7) is 0.505. The van der Waals surface area contributed by atoms with Crippen molar-refractivity contribution in [3.05, 3.63) is 95.8 Å². The highest BCUT2D eigenvalue weighted by Gasteiger charge is 2.10. The lowest BCUT2D eigenvalue weighted by Gasteiger charge is -2.17. The Balaban J connectivity index is 1.47. The number of rotatable bonds is 7. The second kappa shape index (κ2) is 10.6. The molecule has 0 aliphatic carbocycles. The van der Waals surface area contributed by atoms with E-state index in [-0.39, 0.29) is 12.5 Å². The largest absolute Gasteiger partial charge is 0.445 e. The minimum Gasteiger partial charge on any atom is -0.445 e. The molecule has 158 valence electrons. The van der Waals surface area contributed by atoms with Gasteiger partial charge in [-0.1, -0.05) is 42.5 Å². The number of nitrogens with zero attached hydrogens (tertiary/aromatic N) is 2. The van der Waals surface area contributed by atoms with Gasteiger partial charge in [-0.2, -0.15) is 0 Å². The molecule has 0 bridgehead atoms. The number of alkyl carbamates (subject to hydrolysis) is 1. The summed E-state index contributed by atoms with van der Waals surface area (Å²) in [5.74, 6) is -0.181. The monoisotopic (exact) mass is 416 g/mol. The molecule has 31 heavy (non-hydrogen) atoms. The lowest BCUT2D eigenvalue weighted by molar-refractivity contribution is -0.113. The first-order valence-corrected chi connectivity index (χ1v) is 9.71. The fraction of sp³-hybridized carbons (Fsp3) is 0.125. The van der Waals surface area contributed by atoms with Crippen molar-refractivity contribution >= 4 is 29.5 Å². The number of hydrogen-bond donors (Lipinski definition) is 2. The molecule has 7 heteroatoms. The van der Waals surface area contributed by atoms with Gasteiger partial charge in [-0.3, -0.25) is 9.78 Å². The first kappa shape index (κ1) is 21.6. The molecular formula is C24H24N4O3. The second-order valence-corrected chi connectivity index (χ2v) is 6.82. The Kier molecular flexibility index (Phi) is 7.37. The van der Waals surface area contributed by atoms with E-state index in [1.807, 2.05) is 42.5 Å². The van der Waals surface area contributed by atoms with E-state index in [9.17, 15) is 9.59 Å². The highest BCUT2D eigenvalue weighted by molar-refractivity contribution is 6.05. The van der Waals surface area contributed by atoms with Crippen LogP contribution in [0.15, 0.2) is 79.1 Å². The third-order valence-electron chi connectivity index (χ3n) is 4.56. The molecule has 7 nitrogen and oxygen atoms in total. The van der Waals surface area contributed by atoms with Gasteiger partial charge in [0.15, 0.2) is 0 Å². The first-order chi connectivity index (χ1) is 15.0. The van der Waals surface area contributed by atoms with Crippen molar-refractivity contribution in [1.29, 1.82) is 0 Å². The minimum atomic E-state index is -0.498. The Hall–Kier alpha value is -4.13.